The van der Waals surface area contributed by atoms with Gasteiger partial charge in [-0.3, -0.25) is 4.79 Å². The first-order valence-electron chi connectivity index (χ1n) is 7.57. The Morgan fingerprint density at radius 1 is 1.27 bits per heavy atom. The molecule has 1 aromatic carbocycles. The number of primary sulfonamides is 1. The molecule has 1 fully saturated rings. The molecule has 0 saturated heterocycles. The Morgan fingerprint density at radius 2 is 1.82 bits per heavy atom. The quantitative estimate of drug-likeness (QED) is 0.920. The highest BCUT2D eigenvalue weighted by Gasteiger charge is 2.43. The van der Waals surface area contributed by atoms with Gasteiger partial charge in [-0.1, -0.05) is 25.1 Å². The molecule has 5 nitrogen and oxygen atoms in total. The fourth-order valence-corrected chi connectivity index (χ4v) is 4.47. The largest absolute Gasteiger partial charge is 0.335 e. The lowest BCUT2D eigenvalue weighted by molar-refractivity contribution is 0.0467. The summed E-state index contributed by atoms with van der Waals surface area (Å²) in [6.45, 7) is 2.15. The molecule has 1 aliphatic carbocycles. The van der Waals surface area contributed by atoms with E-state index < -0.39 is 15.6 Å². The molecule has 0 atom stereocenters. The molecule has 122 valence electrons. The van der Waals surface area contributed by atoms with Crippen molar-refractivity contribution in [3.63, 3.8) is 0 Å². The van der Waals surface area contributed by atoms with Gasteiger partial charge in [0.15, 0.2) is 0 Å². The Morgan fingerprint density at radius 3 is 2.32 bits per heavy atom. The summed E-state index contributed by atoms with van der Waals surface area (Å²) in [5.74, 6) is 0.217. The van der Waals surface area contributed by atoms with Crippen LogP contribution in [0.3, 0.4) is 0 Å². The molecule has 2 rings (SSSR count). The number of hydrogen-bond donors (Lipinski definition) is 1. The van der Waals surface area contributed by atoms with Crippen molar-refractivity contribution < 1.29 is 13.2 Å². The maximum Gasteiger partial charge on any atom is 0.254 e. The summed E-state index contributed by atoms with van der Waals surface area (Å²) < 4.78 is 23.4. The molecule has 1 aliphatic rings. The van der Waals surface area contributed by atoms with Gasteiger partial charge in [0.25, 0.3) is 5.91 Å². The van der Waals surface area contributed by atoms with Crippen molar-refractivity contribution in [3.8, 4) is 0 Å². The minimum atomic E-state index is -3.65. The molecule has 1 saturated carbocycles. The average Bonchev–Trinajstić information content (AvgIpc) is 2.48. The predicted octanol–water partition coefficient (Wildman–Crippen LogP) is 2.00. The van der Waals surface area contributed by atoms with E-state index in [1.807, 2.05) is 6.07 Å². The van der Waals surface area contributed by atoms with Crippen LogP contribution in [0.2, 0.25) is 0 Å². The Balaban J connectivity index is 2.30. The monoisotopic (exact) mass is 324 g/mol. The van der Waals surface area contributed by atoms with Gasteiger partial charge in [-0.05, 0) is 43.7 Å². The third-order valence-corrected chi connectivity index (χ3v) is 5.65. The van der Waals surface area contributed by atoms with Gasteiger partial charge in [0, 0.05) is 12.6 Å². The Hall–Kier alpha value is -1.40. The molecule has 1 aromatic rings. The first-order valence-corrected chi connectivity index (χ1v) is 9.29. The zero-order valence-corrected chi connectivity index (χ0v) is 14.0. The van der Waals surface area contributed by atoms with Crippen LogP contribution in [-0.2, 0) is 10.0 Å². The maximum absolute atomic E-state index is 12.7. The van der Waals surface area contributed by atoms with Crippen LogP contribution in [-0.4, -0.2) is 37.6 Å². The van der Waals surface area contributed by atoms with Crippen LogP contribution in [0.4, 0.5) is 0 Å². The number of amides is 1. The number of carbonyl (C=O) groups excluding carboxylic acids is 1. The predicted molar refractivity (Wildman–Crippen MR) is 86.9 cm³/mol. The molecule has 0 bridgehead atoms. The molecule has 0 aromatic heterocycles. The zero-order valence-electron chi connectivity index (χ0n) is 13.2. The Bertz CT molecular complexity index is 620. The van der Waals surface area contributed by atoms with E-state index in [1.165, 1.54) is 0 Å². The highest BCUT2D eigenvalue weighted by Crippen LogP contribution is 2.37. The number of hydrogen-bond acceptors (Lipinski definition) is 3. The molecule has 0 unspecified atom stereocenters. The summed E-state index contributed by atoms with van der Waals surface area (Å²) >= 11 is 0. The van der Waals surface area contributed by atoms with Crippen LogP contribution >= 0.6 is 0 Å². The summed E-state index contributed by atoms with van der Waals surface area (Å²) in [5, 5.41) is 5.30. The maximum atomic E-state index is 12.7. The number of carbonyl (C=O) groups is 1. The molecule has 6 heteroatoms. The van der Waals surface area contributed by atoms with Gasteiger partial charge in [0.1, 0.15) is 0 Å². The van der Waals surface area contributed by atoms with Gasteiger partial charge >= 0.3 is 0 Å². The minimum Gasteiger partial charge on any atom is -0.335 e. The van der Waals surface area contributed by atoms with E-state index in [2.05, 4.69) is 6.92 Å². The van der Waals surface area contributed by atoms with Crippen molar-refractivity contribution in [2.45, 2.75) is 38.1 Å². The van der Waals surface area contributed by atoms with E-state index in [-0.39, 0.29) is 11.7 Å². The first kappa shape index (κ1) is 17.0. The van der Waals surface area contributed by atoms with Gasteiger partial charge in [-0.15, -0.1) is 0 Å². The molecule has 0 radical (unpaired) electrons. The molecule has 2 N–H and O–H groups in total. The third-order valence-electron chi connectivity index (χ3n) is 4.71. The molecule has 0 aliphatic heterocycles. The fraction of sp³-hybridized carbons (Fsp3) is 0.562. The number of sulfonamides is 1. The lowest BCUT2D eigenvalue weighted by atomic mass is 9.77. The lowest BCUT2D eigenvalue weighted by Crippen LogP contribution is -2.56. The van der Waals surface area contributed by atoms with Crippen LogP contribution in [0, 0.1) is 5.92 Å². The molecular formula is C16H24N2O3S. The second-order valence-corrected chi connectivity index (χ2v) is 8.06. The van der Waals surface area contributed by atoms with Crippen LogP contribution < -0.4 is 5.14 Å². The molecule has 22 heavy (non-hydrogen) atoms. The van der Waals surface area contributed by atoms with Crippen molar-refractivity contribution in [1.82, 2.24) is 4.90 Å². The summed E-state index contributed by atoms with van der Waals surface area (Å²) in [7, 11) is -1.96. The van der Waals surface area contributed by atoms with Crippen molar-refractivity contribution >= 4 is 15.9 Å². The van der Waals surface area contributed by atoms with Crippen molar-refractivity contribution in [3.05, 3.63) is 35.9 Å². The molecule has 0 heterocycles. The van der Waals surface area contributed by atoms with Gasteiger partial charge in [0.2, 0.25) is 10.0 Å². The van der Waals surface area contributed by atoms with E-state index in [0.29, 0.717) is 24.3 Å². The van der Waals surface area contributed by atoms with Crippen molar-refractivity contribution in [1.29, 1.82) is 0 Å². The number of benzene rings is 1. The third kappa shape index (κ3) is 3.87. The van der Waals surface area contributed by atoms with Crippen LogP contribution in [0.25, 0.3) is 0 Å². The normalized spacial score (nSPS) is 25.7. The Labute approximate surface area is 132 Å². The smallest absolute Gasteiger partial charge is 0.254 e. The standard InChI is InChI=1S/C16H24N2O3S/c1-13-8-10-16(11-9-13,12-22(17,20)21)18(2)15(19)14-6-4-3-5-7-14/h3-7,13H,8-12H2,1-2H3,(H2,17,20,21). The molecule has 0 spiro atoms. The number of nitrogens with zero attached hydrogens (tertiary/aromatic N) is 1. The summed E-state index contributed by atoms with van der Waals surface area (Å²) in [6.07, 6.45) is 3.14. The molecular weight excluding hydrogens is 300 g/mol. The van der Waals surface area contributed by atoms with Crippen molar-refractivity contribution in [2.75, 3.05) is 12.8 Å². The van der Waals surface area contributed by atoms with E-state index >= 15 is 0 Å². The van der Waals surface area contributed by atoms with Gasteiger partial charge in [-0.2, -0.15) is 0 Å². The number of rotatable bonds is 4. The fourth-order valence-electron chi connectivity index (χ4n) is 3.24. The summed E-state index contributed by atoms with van der Waals surface area (Å²) in [5.41, 5.74) is -0.134. The van der Waals surface area contributed by atoms with Gasteiger partial charge in [-0.25, -0.2) is 13.6 Å². The second-order valence-electron chi connectivity index (χ2n) is 6.44. The van der Waals surface area contributed by atoms with E-state index in [0.717, 1.165) is 12.8 Å². The second kappa shape index (κ2) is 6.38. The highest BCUT2D eigenvalue weighted by molar-refractivity contribution is 7.89. The highest BCUT2D eigenvalue weighted by atomic mass is 32.2. The Kier molecular flexibility index (Phi) is 4.92. The van der Waals surface area contributed by atoms with Gasteiger partial charge in [0.05, 0.1) is 11.3 Å². The van der Waals surface area contributed by atoms with E-state index in [1.54, 1.807) is 36.2 Å². The SMILES string of the molecule is CC1CCC(CS(N)(=O)=O)(N(C)C(=O)c2ccccc2)CC1. The van der Waals surface area contributed by atoms with Crippen LogP contribution in [0.1, 0.15) is 43.0 Å². The van der Waals surface area contributed by atoms with Crippen LogP contribution in [0.15, 0.2) is 30.3 Å². The van der Waals surface area contributed by atoms with E-state index in [4.69, 9.17) is 5.14 Å². The number of nitrogens with two attached hydrogens (primary N) is 1. The van der Waals surface area contributed by atoms with Gasteiger partial charge < -0.3 is 4.90 Å². The van der Waals surface area contributed by atoms with Crippen LogP contribution in [0.5, 0.6) is 0 Å². The minimum absolute atomic E-state index is 0.154. The molecule has 1 amide bonds. The van der Waals surface area contributed by atoms with E-state index in [9.17, 15) is 13.2 Å². The van der Waals surface area contributed by atoms with Crippen molar-refractivity contribution in [2.24, 2.45) is 11.1 Å². The lowest BCUT2D eigenvalue weighted by Gasteiger charge is -2.45. The topological polar surface area (TPSA) is 80.5 Å². The average molecular weight is 324 g/mol. The summed E-state index contributed by atoms with van der Waals surface area (Å²) in [6, 6.07) is 8.94. The zero-order chi connectivity index (χ0) is 16.4. The first-order chi connectivity index (χ1) is 10.2. The summed E-state index contributed by atoms with van der Waals surface area (Å²) in [4.78, 5) is 14.3.